The van der Waals surface area contributed by atoms with Crippen LogP contribution in [0.25, 0.3) is 22.2 Å². The number of allylic oxidation sites excluding steroid dienone is 2. The summed E-state index contributed by atoms with van der Waals surface area (Å²) in [5.74, 6) is 2.62. The summed E-state index contributed by atoms with van der Waals surface area (Å²) in [5.41, 5.74) is 4.85. The second-order valence-corrected chi connectivity index (χ2v) is 8.36. The molecule has 0 N–H and O–H groups in total. The number of fused-ring (bicyclic) bond motifs is 2. The van der Waals surface area contributed by atoms with Gasteiger partial charge >= 0.3 is 0 Å². The van der Waals surface area contributed by atoms with E-state index < -0.39 is 0 Å². The molecule has 30 heavy (non-hydrogen) atoms. The summed E-state index contributed by atoms with van der Waals surface area (Å²) < 4.78 is 0. The minimum Gasteiger partial charge on any atom is -0.161 e. The molecular formula is C26H22N2O2. The van der Waals surface area contributed by atoms with Crippen LogP contribution < -0.4 is 0 Å². The van der Waals surface area contributed by atoms with Crippen LogP contribution in [0.2, 0.25) is 0 Å². The number of nitrogens with zero attached hydrogens (tertiary/aromatic N) is 2. The van der Waals surface area contributed by atoms with Crippen molar-refractivity contribution in [2.24, 2.45) is 11.8 Å². The molecule has 0 aliphatic heterocycles. The Hall–Kier alpha value is -3.50. The minimum absolute atomic E-state index is 0.129. The van der Waals surface area contributed by atoms with Crippen LogP contribution in [0.1, 0.15) is 59.8 Å². The Kier molecular flexibility index (Phi) is 4.77. The topological polar surface area (TPSA) is 27.2 Å². The molecule has 1 fully saturated rings. The highest BCUT2D eigenvalue weighted by Crippen LogP contribution is 2.53. The summed E-state index contributed by atoms with van der Waals surface area (Å²) >= 11 is 0. The van der Waals surface area contributed by atoms with Crippen LogP contribution in [-0.2, 0) is 9.68 Å². The molecule has 148 valence electrons. The van der Waals surface area contributed by atoms with Crippen molar-refractivity contribution in [3.8, 4) is 0 Å². The van der Waals surface area contributed by atoms with E-state index in [0.717, 1.165) is 48.3 Å². The molecule has 5 rings (SSSR count). The Morgan fingerprint density at radius 2 is 1.17 bits per heavy atom. The van der Waals surface area contributed by atoms with E-state index >= 15 is 0 Å². The van der Waals surface area contributed by atoms with Crippen LogP contribution in [0.15, 0.2) is 60.0 Å². The molecule has 3 aliphatic rings. The van der Waals surface area contributed by atoms with Crippen molar-refractivity contribution in [1.82, 2.24) is 0 Å². The van der Waals surface area contributed by atoms with Crippen LogP contribution in [0.4, 0.5) is 0 Å². The maximum atomic E-state index is 7.22. The number of rotatable bonds is 4. The largest absolute Gasteiger partial charge is 0.204 e. The Balaban J connectivity index is 1.46. The van der Waals surface area contributed by atoms with Crippen molar-refractivity contribution in [1.29, 1.82) is 0 Å². The lowest BCUT2D eigenvalue weighted by Crippen LogP contribution is -2.26. The van der Waals surface area contributed by atoms with Crippen LogP contribution in [0.3, 0.4) is 0 Å². The Morgan fingerprint density at radius 3 is 1.63 bits per heavy atom. The van der Waals surface area contributed by atoms with Gasteiger partial charge in [-0.2, -0.15) is 22.8 Å². The van der Waals surface area contributed by atoms with Gasteiger partial charge in [-0.1, -0.05) is 55.0 Å². The fourth-order valence-electron chi connectivity index (χ4n) is 5.76. The van der Waals surface area contributed by atoms with Gasteiger partial charge in [0.1, 0.15) is 0 Å². The summed E-state index contributed by atoms with van der Waals surface area (Å²) in [6, 6.07) is 16.7. The lowest BCUT2D eigenvalue weighted by molar-refractivity contribution is 0.179. The molecule has 0 radical (unpaired) electrons. The van der Waals surface area contributed by atoms with Gasteiger partial charge in [-0.15, -0.1) is 0 Å². The van der Waals surface area contributed by atoms with E-state index in [4.69, 9.17) is 22.8 Å². The third kappa shape index (κ3) is 3.06. The fraction of sp³-hybridized carbons (Fsp3) is 0.308. The minimum atomic E-state index is 0.129. The first-order chi connectivity index (χ1) is 14.8. The number of hydrogen-bond acceptors (Lipinski definition) is 2. The predicted octanol–water partition coefficient (Wildman–Crippen LogP) is 6.77. The summed E-state index contributed by atoms with van der Waals surface area (Å²) in [4.78, 5) is 10.8. The first-order valence-corrected chi connectivity index (χ1v) is 10.5. The van der Waals surface area contributed by atoms with Crippen LogP contribution in [0, 0.1) is 25.0 Å². The third-order valence-electron chi connectivity index (χ3n) is 6.87. The van der Waals surface area contributed by atoms with E-state index in [1.807, 2.05) is 24.3 Å². The van der Waals surface area contributed by atoms with Gasteiger partial charge in [0.2, 0.25) is 11.5 Å². The summed E-state index contributed by atoms with van der Waals surface area (Å²) in [7, 11) is 0. The molecule has 0 aromatic heterocycles. The van der Waals surface area contributed by atoms with Crippen LogP contribution >= 0.6 is 0 Å². The lowest BCUT2D eigenvalue weighted by atomic mass is 9.68. The monoisotopic (exact) mass is 394 g/mol. The van der Waals surface area contributed by atoms with Gasteiger partial charge in [0, 0.05) is 0 Å². The van der Waals surface area contributed by atoms with Crippen molar-refractivity contribution in [2.45, 2.75) is 37.5 Å². The smallest absolute Gasteiger partial charge is 0.161 e. The van der Waals surface area contributed by atoms with Crippen molar-refractivity contribution < 1.29 is 9.68 Å². The molecule has 0 amide bonds. The summed E-state index contributed by atoms with van der Waals surface area (Å²) in [6.07, 6.45) is 8.44. The Labute approximate surface area is 177 Å². The Bertz CT molecular complexity index is 1030. The molecule has 4 nitrogen and oxygen atoms in total. The lowest BCUT2D eigenvalue weighted by Gasteiger charge is -2.36. The van der Waals surface area contributed by atoms with Crippen molar-refractivity contribution >= 4 is 12.2 Å². The molecule has 4 unspecified atom stereocenters. The van der Waals surface area contributed by atoms with E-state index in [1.165, 1.54) is 11.1 Å². The van der Waals surface area contributed by atoms with Crippen LogP contribution in [0.5, 0.6) is 0 Å². The van der Waals surface area contributed by atoms with E-state index in [1.54, 1.807) is 0 Å². The van der Waals surface area contributed by atoms with Gasteiger partial charge in [0.05, 0.1) is 11.8 Å². The number of benzene rings is 2. The number of hydrogen-bond donors (Lipinski definition) is 0. The molecule has 0 spiro atoms. The first-order valence-electron chi connectivity index (χ1n) is 10.5. The van der Waals surface area contributed by atoms with Gasteiger partial charge in [0.25, 0.3) is 0 Å². The highest BCUT2D eigenvalue weighted by atomic mass is 16.6. The average Bonchev–Trinajstić information content (AvgIpc) is 3.32. The van der Waals surface area contributed by atoms with E-state index in [0.29, 0.717) is 11.8 Å². The standard InChI is InChI=1S/C26H22N2O2/c1-27-29-23-15-17-8-3-5-12-21(17)25(23)19-10-7-11-20(14-19)26-22-13-6-4-9-18(22)16-24(26)30-28-2/h3-6,8-9,12-13,15-16,19-20,25-26H,7,10-11,14H2. The highest BCUT2D eigenvalue weighted by Gasteiger charge is 2.43. The zero-order valence-corrected chi connectivity index (χ0v) is 16.6. The van der Waals surface area contributed by atoms with Crippen molar-refractivity contribution in [3.63, 3.8) is 0 Å². The van der Waals surface area contributed by atoms with E-state index in [9.17, 15) is 0 Å². The average molecular weight is 394 g/mol. The molecule has 1 saturated carbocycles. The van der Waals surface area contributed by atoms with Crippen LogP contribution in [-0.4, -0.2) is 0 Å². The zero-order valence-electron chi connectivity index (χ0n) is 16.6. The second-order valence-electron chi connectivity index (χ2n) is 8.36. The predicted molar refractivity (Wildman–Crippen MR) is 115 cm³/mol. The molecule has 2 aromatic rings. The van der Waals surface area contributed by atoms with Gasteiger partial charge in [-0.25, -0.2) is 0 Å². The molecule has 0 heterocycles. The third-order valence-corrected chi connectivity index (χ3v) is 6.87. The van der Waals surface area contributed by atoms with Gasteiger partial charge in [-0.3, -0.25) is 0 Å². The first kappa shape index (κ1) is 18.5. The van der Waals surface area contributed by atoms with Crippen molar-refractivity contribution in [2.75, 3.05) is 0 Å². The Morgan fingerprint density at radius 1 is 0.700 bits per heavy atom. The maximum absolute atomic E-state index is 7.22. The molecule has 0 saturated heterocycles. The zero-order chi connectivity index (χ0) is 20.5. The molecule has 4 heteroatoms. The van der Waals surface area contributed by atoms with E-state index in [-0.39, 0.29) is 11.8 Å². The van der Waals surface area contributed by atoms with E-state index in [2.05, 4.69) is 46.4 Å². The summed E-state index contributed by atoms with van der Waals surface area (Å²) in [6.45, 7) is 14.4. The SMILES string of the molecule is [C-]#[N+]OC1=Cc2ccccc2C1C1CCCC(C2C(O[N+]#[C-])=Cc3ccccc32)C1. The molecular weight excluding hydrogens is 372 g/mol. The molecule has 3 aliphatic carbocycles. The molecule has 4 atom stereocenters. The summed E-state index contributed by atoms with van der Waals surface area (Å²) in [5, 5.41) is 6.46. The molecule has 0 bridgehead atoms. The maximum Gasteiger partial charge on any atom is 0.204 e. The van der Waals surface area contributed by atoms with Gasteiger partial charge in [0.15, 0.2) is 0 Å². The van der Waals surface area contributed by atoms with Gasteiger partial charge < -0.3 is 0 Å². The normalized spacial score (nSPS) is 26.5. The van der Waals surface area contributed by atoms with Gasteiger partial charge in [-0.05, 0) is 75.5 Å². The quantitative estimate of drug-likeness (QED) is 0.423. The highest BCUT2D eigenvalue weighted by molar-refractivity contribution is 5.66. The molecule has 2 aromatic carbocycles. The van der Waals surface area contributed by atoms with Crippen molar-refractivity contribution in [3.05, 3.63) is 105 Å². The fourth-order valence-corrected chi connectivity index (χ4v) is 5.76. The second kappa shape index (κ2) is 7.73.